The summed E-state index contributed by atoms with van der Waals surface area (Å²) in [6, 6.07) is 0.956. The van der Waals surface area contributed by atoms with Gasteiger partial charge in [0.1, 0.15) is 10.8 Å². The number of benzene rings is 1. The Bertz CT molecular complexity index is 513. The van der Waals surface area contributed by atoms with Crippen LogP contribution in [-0.4, -0.2) is 18.2 Å². The number of hydrogen-bond acceptors (Lipinski definition) is 2. The number of rotatable bonds is 3. The van der Waals surface area contributed by atoms with E-state index in [4.69, 9.17) is 16.3 Å². The lowest BCUT2D eigenvalue weighted by atomic mass is 9.64. The first kappa shape index (κ1) is 13.1. The third-order valence-electron chi connectivity index (χ3n) is 3.45. The minimum Gasteiger partial charge on any atom is -0.493 e. The Morgan fingerprint density at radius 2 is 2.11 bits per heavy atom. The first-order valence-electron chi connectivity index (χ1n) is 5.39. The zero-order chi connectivity index (χ0) is 13.5. The van der Waals surface area contributed by atoms with Crippen molar-refractivity contribution in [3.63, 3.8) is 0 Å². The molecule has 1 aromatic carbocycles. The number of hydrogen-bond donors (Lipinski definition) is 1. The molecule has 0 aliphatic heterocycles. The highest BCUT2D eigenvalue weighted by Gasteiger charge is 2.48. The summed E-state index contributed by atoms with van der Waals surface area (Å²) in [6.45, 7) is 0. The van der Waals surface area contributed by atoms with Crippen LogP contribution in [0.1, 0.15) is 24.8 Å². The Hall–Kier alpha value is -1.36. The number of aliphatic carboxylic acids is 1. The fourth-order valence-electron chi connectivity index (χ4n) is 2.26. The summed E-state index contributed by atoms with van der Waals surface area (Å²) in [5, 5.41) is 8.59. The van der Waals surface area contributed by atoms with Crippen molar-refractivity contribution in [3.05, 3.63) is 28.3 Å². The zero-order valence-electron chi connectivity index (χ0n) is 9.60. The molecule has 1 aliphatic rings. The van der Waals surface area contributed by atoms with E-state index in [2.05, 4.69) is 0 Å². The van der Waals surface area contributed by atoms with Gasteiger partial charge in [0.05, 0.1) is 12.5 Å². The molecule has 0 aromatic heterocycles. The van der Waals surface area contributed by atoms with Crippen LogP contribution in [0.15, 0.2) is 6.07 Å². The Balaban J connectivity index is 2.67. The van der Waals surface area contributed by atoms with Gasteiger partial charge in [0, 0.05) is 5.56 Å². The number of carboxylic acids is 1. The molecular formula is C12H11ClF2O3. The molecule has 0 bridgehead atoms. The number of carbonyl (C=O) groups is 1. The second-order valence-corrected chi connectivity index (χ2v) is 4.69. The van der Waals surface area contributed by atoms with E-state index in [0.717, 1.165) is 6.07 Å². The number of methoxy groups -OCH3 is 1. The summed E-state index contributed by atoms with van der Waals surface area (Å²) in [5.74, 6) is -3.42. The normalized spacial score (nSPS) is 17.1. The van der Waals surface area contributed by atoms with E-state index >= 15 is 0 Å². The molecule has 0 unspecified atom stereocenters. The smallest absolute Gasteiger partial charge is 0.314 e. The van der Waals surface area contributed by atoms with Gasteiger partial charge >= 0.3 is 5.97 Å². The van der Waals surface area contributed by atoms with Gasteiger partial charge in [-0.3, -0.25) is 4.79 Å². The summed E-state index contributed by atoms with van der Waals surface area (Å²) in [6.07, 6.45) is 1.36. The summed E-state index contributed by atoms with van der Waals surface area (Å²) in [4.78, 5) is 11.3. The van der Waals surface area contributed by atoms with Gasteiger partial charge in [-0.25, -0.2) is 8.78 Å². The molecule has 6 heteroatoms. The van der Waals surface area contributed by atoms with Gasteiger partial charge in [0.25, 0.3) is 0 Å². The van der Waals surface area contributed by atoms with E-state index in [1.165, 1.54) is 7.11 Å². The second-order valence-electron chi connectivity index (χ2n) is 4.31. The lowest BCUT2D eigenvalue weighted by molar-refractivity contribution is -0.147. The third kappa shape index (κ3) is 1.65. The highest BCUT2D eigenvalue weighted by atomic mass is 35.5. The molecule has 98 valence electrons. The maximum atomic E-state index is 13.8. The first-order valence-corrected chi connectivity index (χ1v) is 5.77. The highest BCUT2D eigenvalue weighted by Crippen LogP contribution is 2.49. The molecule has 1 N–H and O–H groups in total. The summed E-state index contributed by atoms with van der Waals surface area (Å²) in [7, 11) is 1.20. The van der Waals surface area contributed by atoms with Crippen molar-refractivity contribution < 1.29 is 23.4 Å². The Kier molecular flexibility index (Phi) is 3.19. The minimum absolute atomic E-state index is 0.0168. The Labute approximate surface area is 107 Å². The van der Waals surface area contributed by atoms with Crippen LogP contribution in [-0.2, 0) is 10.2 Å². The minimum atomic E-state index is -1.27. The zero-order valence-corrected chi connectivity index (χ0v) is 10.4. The lowest BCUT2D eigenvalue weighted by Gasteiger charge is -2.38. The van der Waals surface area contributed by atoms with Crippen LogP contribution >= 0.6 is 11.6 Å². The van der Waals surface area contributed by atoms with Gasteiger partial charge in [0.15, 0.2) is 11.6 Å². The molecule has 0 atom stereocenters. The molecule has 0 saturated heterocycles. The summed E-state index contributed by atoms with van der Waals surface area (Å²) in [5.41, 5.74) is -1.25. The van der Waals surface area contributed by atoms with Gasteiger partial charge in [-0.1, -0.05) is 18.0 Å². The fraction of sp³-hybridized carbons (Fsp3) is 0.417. The molecule has 2 rings (SSSR count). The quantitative estimate of drug-likeness (QED) is 0.863. The van der Waals surface area contributed by atoms with Crippen LogP contribution in [0.2, 0.25) is 5.02 Å². The van der Waals surface area contributed by atoms with Gasteiger partial charge in [0.2, 0.25) is 0 Å². The van der Waals surface area contributed by atoms with Gasteiger partial charge in [-0.2, -0.15) is 0 Å². The molecule has 1 fully saturated rings. The van der Waals surface area contributed by atoms with E-state index in [1.54, 1.807) is 0 Å². The number of carboxylic acid groups (broad SMARTS) is 1. The van der Waals surface area contributed by atoms with Crippen LogP contribution < -0.4 is 4.74 Å². The van der Waals surface area contributed by atoms with Gasteiger partial charge < -0.3 is 9.84 Å². The van der Waals surface area contributed by atoms with E-state index in [1.807, 2.05) is 0 Å². The fourth-order valence-corrected chi connectivity index (χ4v) is 2.40. The molecule has 0 amide bonds. The van der Waals surface area contributed by atoms with Crippen molar-refractivity contribution in [1.82, 2.24) is 0 Å². The average molecular weight is 277 g/mol. The maximum Gasteiger partial charge on any atom is 0.314 e. The van der Waals surface area contributed by atoms with E-state index < -0.39 is 28.0 Å². The summed E-state index contributed by atoms with van der Waals surface area (Å²) >= 11 is 5.45. The molecular weight excluding hydrogens is 266 g/mol. The predicted octanol–water partition coefficient (Wildman–Crippen LogP) is 3.13. The highest BCUT2D eigenvalue weighted by molar-refractivity contribution is 6.31. The van der Waals surface area contributed by atoms with Crippen LogP contribution in [0, 0.1) is 11.6 Å². The average Bonchev–Trinajstić information content (AvgIpc) is 2.24. The Morgan fingerprint density at radius 1 is 1.50 bits per heavy atom. The second kappa shape index (κ2) is 4.39. The SMILES string of the molecule is COc1c(C2(C(=O)O)CCC2)cc(F)c(Cl)c1F. The van der Waals surface area contributed by atoms with Crippen molar-refractivity contribution in [3.8, 4) is 5.75 Å². The topological polar surface area (TPSA) is 46.5 Å². The lowest BCUT2D eigenvalue weighted by Crippen LogP contribution is -2.42. The molecule has 18 heavy (non-hydrogen) atoms. The molecule has 1 aliphatic carbocycles. The van der Waals surface area contributed by atoms with Crippen molar-refractivity contribution in [2.24, 2.45) is 0 Å². The Morgan fingerprint density at radius 3 is 2.50 bits per heavy atom. The van der Waals surface area contributed by atoms with Crippen LogP contribution in [0.4, 0.5) is 8.78 Å². The number of halogens is 3. The van der Waals surface area contributed by atoms with E-state index in [0.29, 0.717) is 19.3 Å². The van der Waals surface area contributed by atoms with E-state index in [-0.39, 0.29) is 11.3 Å². The maximum absolute atomic E-state index is 13.8. The largest absolute Gasteiger partial charge is 0.493 e. The van der Waals surface area contributed by atoms with Gasteiger partial charge in [-0.05, 0) is 18.9 Å². The van der Waals surface area contributed by atoms with Crippen molar-refractivity contribution >= 4 is 17.6 Å². The first-order chi connectivity index (χ1) is 8.44. The van der Waals surface area contributed by atoms with E-state index in [9.17, 15) is 18.7 Å². The summed E-state index contributed by atoms with van der Waals surface area (Å²) < 4.78 is 32.1. The molecule has 1 saturated carbocycles. The van der Waals surface area contributed by atoms with Gasteiger partial charge in [-0.15, -0.1) is 0 Å². The molecule has 0 radical (unpaired) electrons. The van der Waals surface area contributed by atoms with Crippen LogP contribution in [0.3, 0.4) is 0 Å². The monoisotopic (exact) mass is 276 g/mol. The predicted molar refractivity (Wildman–Crippen MR) is 61.1 cm³/mol. The van der Waals surface area contributed by atoms with Crippen LogP contribution in [0.5, 0.6) is 5.75 Å². The van der Waals surface area contributed by atoms with Crippen molar-refractivity contribution in [2.75, 3.05) is 7.11 Å². The molecule has 0 spiro atoms. The standard InChI is InChI=1S/C12H11ClF2O3/c1-18-10-6(5-7(14)8(13)9(10)15)12(11(16)17)3-2-4-12/h5H,2-4H2,1H3,(H,16,17). The molecule has 1 aromatic rings. The van der Waals surface area contributed by atoms with Crippen LogP contribution in [0.25, 0.3) is 0 Å². The number of ether oxygens (including phenoxy) is 1. The van der Waals surface area contributed by atoms with Crippen molar-refractivity contribution in [2.45, 2.75) is 24.7 Å². The third-order valence-corrected chi connectivity index (χ3v) is 3.80. The molecule has 0 heterocycles. The van der Waals surface area contributed by atoms with Crippen molar-refractivity contribution in [1.29, 1.82) is 0 Å². The molecule has 3 nitrogen and oxygen atoms in total.